The van der Waals surface area contributed by atoms with E-state index in [0.29, 0.717) is 6.04 Å². The van der Waals surface area contributed by atoms with Gasteiger partial charge in [0.2, 0.25) is 5.91 Å². The summed E-state index contributed by atoms with van der Waals surface area (Å²) >= 11 is 0. The Morgan fingerprint density at radius 1 is 1.42 bits per heavy atom. The van der Waals surface area contributed by atoms with Crippen molar-refractivity contribution in [2.45, 2.75) is 31.3 Å². The Hall–Kier alpha value is -1.55. The first kappa shape index (κ1) is 12.5. The van der Waals surface area contributed by atoms with Crippen LogP contribution in [0.25, 0.3) is 0 Å². The molecule has 0 bridgehead atoms. The normalized spacial score (nSPS) is 26.6. The van der Waals surface area contributed by atoms with Crippen LogP contribution in [0.15, 0.2) is 24.3 Å². The maximum Gasteiger partial charge on any atom is 0.237 e. The summed E-state index contributed by atoms with van der Waals surface area (Å²) in [7, 11) is 1.73. The van der Waals surface area contributed by atoms with Gasteiger partial charge < -0.3 is 10.6 Å². The second-order valence-electron chi connectivity index (χ2n) is 5.41. The number of carbonyl (C=O) groups excluding carboxylic acids is 1. The van der Waals surface area contributed by atoms with Gasteiger partial charge in [-0.25, -0.2) is 0 Å². The number of fused-ring (bicyclic) bond motifs is 1. The zero-order valence-corrected chi connectivity index (χ0v) is 11.4. The number of carbonyl (C=O) groups is 1. The van der Waals surface area contributed by atoms with E-state index in [0.717, 1.165) is 32.4 Å². The second kappa shape index (κ2) is 5.21. The molecular weight excluding hydrogens is 238 g/mol. The quantitative estimate of drug-likeness (QED) is 0.840. The number of nitrogens with one attached hydrogen (secondary N) is 2. The summed E-state index contributed by atoms with van der Waals surface area (Å²) < 4.78 is 0. The molecule has 2 atom stereocenters. The highest BCUT2D eigenvalue weighted by Crippen LogP contribution is 2.28. The van der Waals surface area contributed by atoms with Crippen molar-refractivity contribution in [3.63, 3.8) is 0 Å². The molecule has 0 aliphatic carbocycles. The largest absolute Gasteiger partial charge is 0.383 e. The second-order valence-corrected chi connectivity index (χ2v) is 5.41. The number of likely N-dealkylation sites (N-methyl/N-ethyl adjacent to an activating group) is 1. The molecule has 4 heteroatoms. The van der Waals surface area contributed by atoms with Crippen LogP contribution in [0, 0.1) is 0 Å². The fraction of sp³-hybridized carbons (Fsp3) is 0.533. The number of rotatable bonds is 2. The molecule has 3 rings (SSSR count). The van der Waals surface area contributed by atoms with Gasteiger partial charge in [-0.3, -0.25) is 9.69 Å². The Balaban J connectivity index is 1.75. The molecule has 0 radical (unpaired) electrons. The van der Waals surface area contributed by atoms with Gasteiger partial charge in [-0.15, -0.1) is 0 Å². The number of para-hydroxylation sites is 1. The predicted octanol–water partition coefficient (Wildman–Crippen LogP) is 1.23. The zero-order valence-electron chi connectivity index (χ0n) is 11.4. The Kier molecular flexibility index (Phi) is 3.42. The number of hydrogen-bond donors (Lipinski definition) is 2. The highest BCUT2D eigenvalue weighted by atomic mass is 16.2. The summed E-state index contributed by atoms with van der Waals surface area (Å²) in [4.78, 5) is 14.3. The maximum absolute atomic E-state index is 11.9. The number of likely N-dealkylation sites (tertiary alicyclic amines) is 1. The van der Waals surface area contributed by atoms with E-state index in [1.165, 1.54) is 11.3 Å². The van der Waals surface area contributed by atoms with Crippen LogP contribution >= 0.6 is 0 Å². The van der Waals surface area contributed by atoms with Gasteiger partial charge in [-0.2, -0.15) is 0 Å². The van der Waals surface area contributed by atoms with Gasteiger partial charge in [0.25, 0.3) is 0 Å². The summed E-state index contributed by atoms with van der Waals surface area (Å²) in [6.07, 6.45) is 3.14. The van der Waals surface area contributed by atoms with Crippen molar-refractivity contribution in [1.29, 1.82) is 0 Å². The first-order chi connectivity index (χ1) is 9.29. The average molecular weight is 259 g/mol. The molecule has 1 saturated heterocycles. The first-order valence-electron chi connectivity index (χ1n) is 7.08. The first-order valence-corrected chi connectivity index (χ1v) is 7.08. The van der Waals surface area contributed by atoms with Gasteiger partial charge in [0.05, 0.1) is 6.04 Å². The lowest BCUT2D eigenvalue weighted by atomic mass is 9.98. The molecular formula is C15H21N3O. The van der Waals surface area contributed by atoms with Crippen LogP contribution < -0.4 is 10.6 Å². The lowest BCUT2D eigenvalue weighted by Gasteiger charge is -2.36. The molecule has 1 fully saturated rings. The minimum absolute atomic E-state index is 0.0575. The molecule has 0 aromatic heterocycles. The molecule has 4 nitrogen and oxygen atoms in total. The van der Waals surface area contributed by atoms with E-state index in [4.69, 9.17) is 0 Å². The third-order valence-corrected chi connectivity index (χ3v) is 4.31. The van der Waals surface area contributed by atoms with E-state index in [9.17, 15) is 4.79 Å². The summed E-state index contributed by atoms with van der Waals surface area (Å²) in [5.41, 5.74) is 2.61. The van der Waals surface area contributed by atoms with Crippen molar-refractivity contribution in [2.24, 2.45) is 0 Å². The lowest BCUT2D eigenvalue weighted by molar-refractivity contribution is -0.125. The summed E-state index contributed by atoms with van der Waals surface area (Å²) in [6.45, 7) is 1.97. The molecule has 2 unspecified atom stereocenters. The van der Waals surface area contributed by atoms with E-state index in [1.54, 1.807) is 7.05 Å². The fourth-order valence-corrected chi connectivity index (χ4v) is 3.33. The van der Waals surface area contributed by atoms with Gasteiger partial charge in [0, 0.05) is 25.3 Å². The molecule has 1 aromatic rings. The van der Waals surface area contributed by atoms with Crippen LogP contribution in [-0.2, 0) is 11.2 Å². The third kappa shape index (κ3) is 2.32. The predicted molar refractivity (Wildman–Crippen MR) is 76.2 cm³/mol. The summed E-state index contributed by atoms with van der Waals surface area (Å²) in [5.74, 6) is 0.163. The van der Waals surface area contributed by atoms with Crippen molar-refractivity contribution in [2.75, 3.05) is 25.5 Å². The minimum atomic E-state index is 0.0575. The van der Waals surface area contributed by atoms with Crippen LogP contribution in [0.4, 0.5) is 5.69 Å². The van der Waals surface area contributed by atoms with E-state index in [1.807, 2.05) is 0 Å². The van der Waals surface area contributed by atoms with Crippen molar-refractivity contribution in [3.05, 3.63) is 29.8 Å². The van der Waals surface area contributed by atoms with Crippen LogP contribution in [0.1, 0.15) is 18.4 Å². The standard InChI is InChI=1S/C15H21N3O/c1-16-15(19)14-7-4-8-18(14)12-9-11-5-2-3-6-13(11)17-10-12/h2-3,5-6,12,14,17H,4,7-10H2,1H3,(H,16,19). The lowest BCUT2D eigenvalue weighted by Crippen LogP contribution is -2.51. The van der Waals surface area contributed by atoms with E-state index in [-0.39, 0.29) is 11.9 Å². The van der Waals surface area contributed by atoms with Gasteiger partial charge in [-0.05, 0) is 37.4 Å². The fourth-order valence-electron chi connectivity index (χ4n) is 3.33. The average Bonchev–Trinajstić information content (AvgIpc) is 2.95. The molecule has 2 aliphatic heterocycles. The zero-order chi connectivity index (χ0) is 13.2. The number of hydrogen-bond acceptors (Lipinski definition) is 3. The van der Waals surface area contributed by atoms with Crippen LogP contribution in [0.2, 0.25) is 0 Å². The van der Waals surface area contributed by atoms with Gasteiger partial charge in [0.15, 0.2) is 0 Å². The molecule has 1 aromatic carbocycles. The van der Waals surface area contributed by atoms with E-state index in [2.05, 4.69) is 39.8 Å². The molecule has 0 saturated carbocycles. The third-order valence-electron chi connectivity index (χ3n) is 4.31. The molecule has 2 aliphatic rings. The number of benzene rings is 1. The molecule has 0 spiro atoms. The monoisotopic (exact) mass is 259 g/mol. The van der Waals surface area contributed by atoms with Gasteiger partial charge in [-0.1, -0.05) is 18.2 Å². The van der Waals surface area contributed by atoms with Gasteiger partial charge in [0.1, 0.15) is 0 Å². The summed E-state index contributed by atoms with van der Waals surface area (Å²) in [5, 5.41) is 6.29. The Morgan fingerprint density at radius 3 is 3.11 bits per heavy atom. The van der Waals surface area contributed by atoms with E-state index < -0.39 is 0 Å². The van der Waals surface area contributed by atoms with Crippen molar-refractivity contribution in [3.8, 4) is 0 Å². The molecule has 2 N–H and O–H groups in total. The van der Waals surface area contributed by atoms with E-state index >= 15 is 0 Å². The topological polar surface area (TPSA) is 44.4 Å². The maximum atomic E-state index is 11.9. The van der Waals surface area contributed by atoms with Crippen LogP contribution in [0.5, 0.6) is 0 Å². The number of nitrogens with zero attached hydrogens (tertiary/aromatic N) is 1. The molecule has 19 heavy (non-hydrogen) atoms. The van der Waals surface area contributed by atoms with Crippen molar-refractivity contribution in [1.82, 2.24) is 10.2 Å². The summed E-state index contributed by atoms with van der Waals surface area (Å²) in [6, 6.07) is 8.95. The Bertz CT molecular complexity index is 474. The number of amides is 1. The van der Waals surface area contributed by atoms with Crippen LogP contribution in [0.3, 0.4) is 0 Å². The van der Waals surface area contributed by atoms with Crippen molar-refractivity contribution < 1.29 is 4.79 Å². The van der Waals surface area contributed by atoms with Gasteiger partial charge >= 0.3 is 0 Å². The Morgan fingerprint density at radius 2 is 2.26 bits per heavy atom. The SMILES string of the molecule is CNC(=O)C1CCCN1C1CNc2ccccc2C1. The Labute approximate surface area is 114 Å². The highest BCUT2D eigenvalue weighted by molar-refractivity contribution is 5.81. The number of anilines is 1. The molecule has 1 amide bonds. The minimum Gasteiger partial charge on any atom is -0.383 e. The smallest absolute Gasteiger partial charge is 0.237 e. The molecule has 102 valence electrons. The highest BCUT2D eigenvalue weighted by Gasteiger charge is 2.36. The molecule has 2 heterocycles. The van der Waals surface area contributed by atoms with Crippen molar-refractivity contribution >= 4 is 11.6 Å². The van der Waals surface area contributed by atoms with Crippen LogP contribution in [-0.4, -0.2) is 43.0 Å².